The molecule has 1 saturated heterocycles. The Morgan fingerprint density at radius 1 is 1.31 bits per heavy atom. The average molecular weight is 217 g/mol. The van der Waals surface area contributed by atoms with Gasteiger partial charge in [0, 0.05) is 18.2 Å². The minimum Gasteiger partial charge on any atom is -0.309 e. The smallest absolute Gasteiger partial charge is 0.232 e. The van der Waals surface area contributed by atoms with Crippen molar-refractivity contribution in [2.45, 2.75) is 26.3 Å². The summed E-state index contributed by atoms with van der Waals surface area (Å²) in [5, 5.41) is 0. The number of nitrogens with zero attached hydrogens (tertiary/aromatic N) is 1. The number of anilines is 1. The Kier molecular flexibility index (Phi) is 2.77. The largest absolute Gasteiger partial charge is 0.309 e. The van der Waals surface area contributed by atoms with Crippen LogP contribution in [0.25, 0.3) is 0 Å². The van der Waals surface area contributed by atoms with Gasteiger partial charge in [0.25, 0.3) is 0 Å². The maximum absolute atomic E-state index is 11.9. The second-order valence-corrected chi connectivity index (χ2v) is 4.30. The van der Waals surface area contributed by atoms with E-state index >= 15 is 0 Å². The number of β-lactam (4-membered cyclic amide) rings is 1. The van der Waals surface area contributed by atoms with Crippen molar-refractivity contribution >= 4 is 17.4 Å². The predicted molar refractivity (Wildman–Crippen MR) is 62.2 cm³/mol. The Balaban J connectivity index is 2.12. The molecule has 0 aromatic heterocycles. The number of hydrogen-bond acceptors (Lipinski definition) is 2. The lowest BCUT2D eigenvalue weighted by Crippen LogP contribution is -2.60. The highest BCUT2D eigenvalue weighted by molar-refractivity contribution is 6.04. The predicted octanol–water partition coefficient (Wildman–Crippen LogP) is 2.02. The van der Waals surface area contributed by atoms with Gasteiger partial charge in [0.2, 0.25) is 5.91 Å². The van der Waals surface area contributed by atoms with E-state index in [1.807, 2.05) is 37.3 Å². The molecule has 1 fully saturated rings. The van der Waals surface area contributed by atoms with E-state index in [0.29, 0.717) is 6.42 Å². The molecule has 0 saturated carbocycles. The Labute approximate surface area is 95.1 Å². The Morgan fingerprint density at radius 3 is 2.44 bits per heavy atom. The normalized spacial score (nSPS) is 24.1. The molecular formula is C13H15NO2. The fraction of sp³-hybridized carbons (Fsp3) is 0.385. The third-order valence-electron chi connectivity index (χ3n) is 3.09. The summed E-state index contributed by atoms with van der Waals surface area (Å²) in [4.78, 5) is 24.6. The van der Waals surface area contributed by atoms with Crippen LogP contribution in [0.5, 0.6) is 0 Å². The molecule has 3 heteroatoms. The highest BCUT2D eigenvalue weighted by atomic mass is 16.2. The zero-order chi connectivity index (χ0) is 11.7. The fourth-order valence-corrected chi connectivity index (χ4v) is 2.20. The van der Waals surface area contributed by atoms with Crippen molar-refractivity contribution in [3.63, 3.8) is 0 Å². The number of benzene rings is 1. The molecule has 0 spiro atoms. The molecular weight excluding hydrogens is 202 g/mol. The van der Waals surface area contributed by atoms with Gasteiger partial charge in [-0.25, -0.2) is 0 Å². The van der Waals surface area contributed by atoms with Crippen LogP contribution in [0.2, 0.25) is 0 Å². The minimum absolute atomic E-state index is 0.0638. The van der Waals surface area contributed by atoms with Gasteiger partial charge in [0.05, 0.1) is 5.92 Å². The second-order valence-electron chi connectivity index (χ2n) is 4.30. The lowest BCUT2D eigenvalue weighted by Gasteiger charge is -2.45. The molecule has 0 bridgehead atoms. The van der Waals surface area contributed by atoms with Crippen LogP contribution in [0.4, 0.5) is 5.69 Å². The lowest BCUT2D eigenvalue weighted by atomic mass is 9.84. The Hall–Kier alpha value is -1.64. The number of ketones is 1. The van der Waals surface area contributed by atoms with Crippen LogP contribution in [0.1, 0.15) is 20.3 Å². The maximum atomic E-state index is 11.9. The molecule has 16 heavy (non-hydrogen) atoms. The van der Waals surface area contributed by atoms with Crippen molar-refractivity contribution in [1.29, 1.82) is 0 Å². The third kappa shape index (κ3) is 1.73. The quantitative estimate of drug-likeness (QED) is 0.726. The summed E-state index contributed by atoms with van der Waals surface area (Å²) in [6.07, 6.45) is 0.364. The van der Waals surface area contributed by atoms with E-state index in [1.165, 1.54) is 6.92 Å². The highest BCUT2D eigenvalue weighted by Crippen LogP contribution is 2.34. The average Bonchev–Trinajstić information content (AvgIpc) is 2.28. The van der Waals surface area contributed by atoms with Crippen LogP contribution in [-0.2, 0) is 9.59 Å². The molecule has 0 radical (unpaired) electrons. The fourth-order valence-electron chi connectivity index (χ4n) is 2.20. The first-order chi connectivity index (χ1) is 7.61. The molecule has 1 aromatic carbocycles. The molecule has 2 rings (SSSR count). The first kappa shape index (κ1) is 10.9. The number of Topliss-reactive ketones (excluding diaryl/α,β-unsaturated/α-hetero) is 1. The summed E-state index contributed by atoms with van der Waals surface area (Å²) in [6, 6.07) is 9.70. The van der Waals surface area contributed by atoms with Gasteiger partial charge in [-0.05, 0) is 26.0 Å². The van der Waals surface area contributed by atoms with Crippen molar-refractivity contribution in [3.8, 4) is 0 Å². The van der Waals surface area contributed by atoms with Crippen LogP contribution < -0.4 is 4.90 Å². The molecule has 1 amide bonds. The van der Waals surface area contributed by atoms with Crippen LogP contribution in [0.3, 0.4) is 0 Å². The topological polar surface area (TPSA) is 37.4 Å². The number of carbonyl (C=O) groups excluding carboxylic acids is 2. The van der Waals surface area contributed by atoms with E-state index in [2.05, 4.69) is 0 Å². The van der Waals surface area contributed by atoms with Gasteiger partial charge in [-0.2, -0.15) is 0 Å². The van der Waals surface area contributed by atoms with Crippen molar-refractivity contribution < 1.29 is 9.59 Å². The summed E-state index contributed by atoms with van der Waals surface area (Å²) in [5.74, 6) is 0.0181. The number of hydrogen-bond donors (Lipinski definition) is 0. The molecule has 2 atom stereocenters. The van der Waals surface area contributed by atoms with Gasteiger partial charge in [0.15, 0.2) is 0 Å². The van der Waals surface area contributed by atoms with Gasteiger partial charge in [-0.1, -0.05) is 18.2 Å². The molecule has 1 aliphatic rings. The minimum atomic E-state index is -0.127. The number of amides is 1. The summed E-state index contributed by atoms with van der Waals surface area (Å²) >= 11 is 0. The molecule has 1 aromatic rings. The van der Waals surface area contributed by atoms with Crippen LogP contribution in [0.15, 0.2) is 30.3 Å². The summed E-state index contributed by atoms with van der Waals surface area (Å²) in [5.41, 5.74) is 0.916. The van der Waals surface area contributed by atoms with E-state index < -0.39 is 0 Å². The standard InChI is InChI=1S/C13H15NO2/c1-9(15)8-12-10(2)14(13(12)16)11-6-4-3-5-7-11/h3-7,10,12H,8H2,1-2H3/t10-,12-/m1/s1. The molecule has 84 valence electrons. The van der Waals surface area contributed by atoms with Crippen LogP contribution >= 0.6 is 0 Å². The number of rotatable bonds is 3. The van der Waals surface area contributed by atoms with Crippen molar-refractivity contribution in [2.75, 3.05) is 4.90 Å². The molecule has 3 nitrogen and oxygen atoms in total. The molecule has 1 heterocycles. The number of carbonyl (C=O) groups is 2. The SMILES string of the molecule is CC(=O)C[C@H]1C(=O)N(c2ccccc2)[C@@H]1C. The third-order valence-corrected chi connectivity index (χ3v) is 3.09. The molecule has 0 aliphatic carbocycles. The van der Waals surface area contributed by atoms with Crippen LogP contribution in [0, 0.1) is 5.92 Å². The van der Waals surface area contributed by atoms with Crippen LogP contribution in [-0.4, -0.2) is 17.7 Å². The van der Waals surface area contributed by atoms with Gasteiger partial charge in [-0.15, -0.1) is 0 Å². The maximum Gasteiger partial charge on any atom is 0.232 e. The van der Waals surface area contributed by atoms with Crippen molar-refractivity contribution in [2.24, 2.45) is 5.92 Å². The van der Waals surface area contributed by atoms with Gasteiger partial charge >= 0.3 is 0 Å². The Bertz CT molecular complexity index is 413. The van der Waals surface area contributed by atoms with Crippen molar-refractivity contribution in [3.05, 3.63) is 30.3 Å². The summed E-state index contributed by atoms with van der Waals surface area (Å²) in [6.45, 7) is 3.52. The zero-order valence-corrected chi connectivity index (χ0v) is 9.51. The van der Waals surface area contributed by atoms with E-state index in [9.17, 15) is 9.59 Å². The van der Waals surface area contributed by atoms with E-state index in [-0.39, 0.29) is 23.7 Å². The van der Waals surface area contributed by atoms with E-state index in [1.54, 1.807) is 4.90 Å². The van der Waals surface area contributed by atoms with Gasteiger partial charge in [-0.3, -0.25) is 4.79 Å². The zero-order valence-electron chi connectivity index (χ0n) is 9.51. The molecule has 1 aliphatic heterocycles. The van der Waals surface area contributed by atoms with E-state index in [0.717, 1.165) is 5.69 Å². The summed E-state index contributed by atoms with van der Waals surface area (Å²) < 4.78 is 0. The second kappa shape index (κ2) is 4.08. The first-order valence-corrected chi connectivity index (χ1v) is 5.49. The number of para-hydroxylation sites is 1. The monoisotopic (exact) mass is 217 g/mol. The highest BCUT2D eigenvalue weighted by Gasteiger charge is 2.45. The van der Waals surface area contributed by atoms with Gasteiger partial charge < -0.3 is 9.69 Å². The van der Waals surface area contributed by atoms with E-state index in [4.69, 9.17) is 0 Å². The van der Waals surface area contributed by atoms with Crippen molar-refractivity contribution in [1.82, 2.24) is 0 Å². The summed E-state index contributed by atoms with van der Waals surface area (Å²) in [7, 11) is 0. The molecule has 0 N–H and O–H groups in total. The Morgan fingerprint density at radius 2 is 1.94 bits per heavy atom. The molecule has 0 unspecified atom stereocenters. The lowest BCUT2D eigenvalue weighted by molar-refractivity contribution is -0.133. The van der Waals surface area contributed by atoms with Gasteiger partial charge in [0.1, 0.15) is 5.78 Å². The first-order valence-electron chi connectivity index (χ1n) is 5.49.